The van der Waals surface area contributed by atoms with E-state index >= 15 is 0 Å². The quantitative estimate of drug-likeness (QED) is 0.373. The van der Waals surface area contributed by atoms with Crippen LogP contribution < -0.4 is 0 Å². The van der Waals surface area contributed by atoms with Crippen LogP contribution in [0, 0.1) is 5.21 Å². The number of nitrogens with zero attached hydrogens (tertiary/aromatic N) is 2. The van der Waals surface area contributed by atoms with Gasteiger partial charge in [-0.2, -0.15) is 4.74 Å². The lowest BCUT2D eigenvalue weighted by atomic mass is 10.2. The molecule has 0 aliphatic carbocycles. The molecule has 0 saturated carbocycles. The third-order valence-electron chi connectivity index (χ3n) is 1.95. The molecule has 5 nitrogen and oxygen atoms in total. The zero-order valence-electron chi connectivity index (χ0n) is 8.83. The van der Waals surface area contributed by atoms with E-state index in [2.05, 4.69) is 4.99 Å². The van der Waals surface area contributed by atoms with E-state index in [0.29, 0.717) is 10.5 Å². The maximum atomic E-state index is 11.6. The van der Waals surface area contributed by atoms with Gasteiger partial charge >= 0.3 is 11.7 Å². The fraction of sp³-hybridized carbons (Fsp3) is 0.667. The van der Waals surface area contributed by atoms with E-state index in [1.165, 1.54) is 0 Å². The number of hydroxylamine groups is 1. The predicted molar refractivity (Wildman–Crippen MR) is 52.5 cm³/mol. The van der Waals surface area contributed by atoms with E-state index in [4.69, 9.17) is 4.74 Å². The molecule has 0 aromatic carbocycles. The molecule has 0 N–H and O–H groups in total. The van der Waals surface area contributed by atoms with Gasteiger partial charge in [-0.3, -0.25) is 0 Å². The summed E-state index contributed by atoms with van der Waals surface area (Å²) >= 11 is 0. The summed E-state index contributed by atoms with van der Waals surface area (Å²) < 4.78 is 5.36. The molecular formula is C9H14N2O3. The van der Waals surface area contributed by atoms with Gasteiger partial charge in [-0.15, -0.1) is 0 Å². The summed E-state index contributed by atoms with van der Waals surface area (Å²) in [6.07, 6.45) is 0. The smallest absolute Gasteiger partial charge is 0.406 e. The first kappa shape index (κ1) is 10.7. The number of aliphatic imine (C=N–C) groups is 1. The molecule has 1 aliphatic heterocycles. The highest BCUT2D eigenvalue weighted by Crippen LogP contribution is 2.17. The van der Waals surface area contributed by atoms with Crippen LogP contribution in [0.4, 0.5) is 0 Å². The Bertz CT molecular complexity index is 329. The second-order valence-electron chi connectivity index (χ2n) is 3.56. The first-order valence-electron chi connectivity index (χ1n) is 4.48. The van der Waals surface area contributed by atoms with Crippen molar-refractivity contribution in [3.05, 3.63) is 5.21 Å². The lowest BCUT2D eigenvalue weighted by Crippen LogP contribution is -2.34. The number of hydrogen-bond acceptors (Lipinski definition) is 4. The Morgan fingerprint density at radius 1 is 1.64 bits per heavy atom. The molecule has 0 spiro atoms. The van der Waals surface area contributed by atoms with Gasteiger partial charge in [0, 0.05) is 13.8 Å². The van der Waals surface area contributed by atoms with Crippen LogP contribution in [0.3, 0.4) is 0 Å². The van der Waals surface area contributed by atoms with Crippen molar-refractivity contribution in [1.82, 2.24) is 0 Å². The third kappa shape index (κ3) is 1.62. The topological polar surface area (TPSA) is 64.7 Å². The molecule has 0 aromatic heterocycles. The summed E-state index contributed by atoms with van der Waals surface area (Å²) in [6.45, 7) is 6.88. The summed E-state index contributed by atoms with van der Waals surface area (Å²) in [7, 11) is 0. The number of carbonyl (C=O) groups is 1. The zero-order chi connectivity index (χ0) is 10.9. The molecule has 0 saturated heterocycles. The fourth-order valence-corrected chi connectivity index (χ4v) is 1.36. The van der Waals surface area contributed by atoms with Crippen LogP contribution in [-0.4, -0.2) is 34.4 Å². The van der Waals surface area contributed by atoms with Crippen molar-refractivity contribution in [3.8, 4) is 0 Å². The normalized spacial score (nSPS) is 19.6. The first-order chi connectivity index (χ1) is 6.40. The van der Waals surface area contributed by atoms with E-state index in [0.717, 1.165) is 0 Å². The monoisotopic (exact) mass is 198 g/mol. The van der Waals surface area contributed by atoms with Crippen molar-refractivity contribution in [2.24, 2.45) is 4.99 Å². The van der Waals surface area contributed by atoms with E-state index in [1.54, 1.807) is 27.7 Å². The van der Waals surface area contributed by atoms with Crippen LogP contribution >= 0.6 is 0 Å². The van der Waals surface area contributed by atoms with Gasteiger partial charge in [0.25, 0.3) is 5.66 Å². The molecular weight excluding hydrogens is 184 g/mol. The molecule has 0 aromatic rings. The van der Waals surface area contributed by atoms with Crippen molar-refractivity contribution in [3.63, 3.8) is 0 Å². The summed E-state index contributed by atoms with van der Waals surface area (Å²) in [5.41, 5.74) is -0.452. The highest BCUT2D eigenvalue weighted by molar-refractivity contribution is 6.64. The Hall–Kier alpha value is -1.39. The number of esters is 1. The Kier molecular flexibility index (Phi) is 2.59. The lowest BCUT2D eigenvalue weighted by molar-refractivity contribution is -0.531. The van der Waals surface area contributed by atoms with E-state index in [9.17, 15) is 10.0 Å². The molecule has 1 rings (SSSR count). The fourth-order valence-electron chi connectivity index (χ4n) is 1.36. The molecule has 0 amide bonds. The maximum Gasteiger partial charge on any atom is 0.406 e. The van der Waals surface area contributed by atoms with Gasteiger partial charge in [0.1, 0.15) is 5.71 Å². The minimum Gasteiger partial charge on any atom is -0.621 e. The Morgan fingerprint density at radius 2 is 2.21 bits per heavy atom. The molecule has 0 bridgehead atoms. The van der Waals surface area contributed by atoms with E-state index in [1.807, 2.05) is 0 Å². The van der Waals surface area contributed by atoms with Crippen molar-refractivity contribution in [1.29, 1.82) is 0 Å². The predicted octanol–water partition coefficient (Wildman–Crippen LogP) is 0.711. The molecule has 14 heavy (non-hydrogen) atoms. The summed E-state index contributed by atoms with van der Waals surface area (Å²) in [5, 5.41) is 11.6. The van der Waals surface area contributed by atoms with Crippen LogP contribution in [0.1, 0.15) is 27.7 Å². The maximum absolute atomic E-state index is 11.6. The largest absolute Gasteiger partial charge is 0.621 e. The van der Waals surface area contributed by atoms with Gasteiger partial charge < -0.3 is 9.94 Å². The average Bonchev–Trinajstić information content (AvgIpc) is 2.22. The molecule has 1 aliphatic rings. The van der Waals surface area contributed by atoms with Gasteiger partial charge in [-0.25, -0.2) is 9.79 Å². The van der Waals surface area contributed by atoms with Crippen molar-refractivity contribution in [2.75, 3.05) is 6.61 Å². The Morgan fingerprint density at radius 3 is 2.57 bits per heavy atom. The average molecular weight is 198 g/mol. The third-order valence-corrected chi connectivity index (χ3v) is 1.95. The standard InChI is InChI=1S/C9H14N2O3/c1-5-14-8(12)7-6(2)10-9(3,4)11(7)13/h5H2,1-4H3. The van der Waals surface area contributed by atoms with E-state index < -0.39 is 11.6 Å². The van der Waals surface area contributed by atoms with Crippen LogP contribution in [0.25, 0.3) is 0 Å². The molecule has 0 radical (unpaired) electrons. The van der Waals surface area contributed by atoms with E-state index in [-0.39, 0.29) is 12.3 Å². The van der Waals surface area contributed by atoms with Crippen LogP contribution in [0.2, 0.25) is 0 Å². The lowest BCUT2D eigenvalue weighted by Gasteiger charge is -2.15. The first-order valence-corrected chi connectivity index (χ1v) is 4.48. The summed E-state index contributed by atoms with van der Waals surface area (Å²) in [6, 6.07) is 0. The number of ether oxygens (including phenoxy) is 1. The molecule has 0 atom stereocenters. The Labute approximate surface area is 82.7 Å². The van der Waals surface area contributed by atoms with Crippen LogP contribution in [0.5, 0.6) is 0 Å². The van der Waals surface area contributed by atoms with Crippen molar-refractivity contribution in [2.45, 2.75) is 33.4 Å². The van der Waals surface area contributed by atoms with Crippen molar-refractivity contribution >= 4 is 17.4 Å². The second-order valence-corrected chi connectivity index (χ2v) is 3.56. The number of hydrogen-bond donors (Lipinski definition) is 0. The minimum atomic E-state index is -0.897. The molecule has 78 valence electrons. The summed E-state index contributed by atoms with van der Waals surface area (Å²) in [5.74, 6) is -0.602. The SMILES string of the molecule is CCOC(=O)C1=[N+]([O-])C(C)(C)N=C1C. The van der Waals surface area contributed by atoms with Gasteiger partial charge in [0.2, 0.25) is 0 Å². The second kappa shape index (κ2) is 3.40. The number of carbonyl (C=O) groups excluding carboxylic acids is 1. The van der Waals surface area contributed by atoms with Gasteiger partial charge in [-0.1, -0.05) is 0 Å². The highest BCUT2D eigenvalue weighted by atomic mass is 16.5. The Balaban J connectivity index is 3.05. The van der Waals surface area contributed by atoms with Crippen LogP contribution in [-0.2, 0) is 9.53 Å². The highest BCUT2D eigenvalue weighted by Gasteiger charge is 2.41. The summed E-state index contributed by atoms with van der Waals surface area (Å²) in [4.78, 5) is 15.5. The van der Waals surface area contributed by atoms with Crippen molar-refractivity contribution < 1.29 is 14.3 Å². The van der Waals surface area contributed by atoms with Gasteiger partial charge in [0.15, 0.2) is 0 Å². The van der Waals surface area contributed by atoms with Crippen LogP contribution in [0.15, 0.2) is 4.99 Å². The number of rotatable bonds is 2. The molecule has 1 heterocycles. The van der Waals surface area contributed by atoms with Gasteiger partial charge in [0.05, 0.1) is 6.61 Å². The zero-order valence-corrected chi connectivity index (χ0v) is 8.83. The molecule has 0 unspecified atom stereocenters. The van der Waals surface area contributed by atoms with Gasteiger partial charge in [-0.05, 0) is 13.8 Å². The minimum absolute atomic E-state index is 0.0110. The molecule has 5 heteroatoms. The molecule has 0 fully saturated rings.